The maximum atomic E-state index is 12.9. The van der Waals surface area contributed by atoms with Gasteiger partial charge in [0.05, 0.1) is 16.8 Å². The Morgan fingerprint density at radius 3 is 2.50 bits per heavy atom. The Balaban J connectivity index is 1.57. The Morgan fingerprint density at radius 1 is 1.10 bits per heavy atom. The zero-order valence-corrected chi connectivity index (χ0v) is 17.1. The number of carbonyl (C=O) groups excluding carboxylic acids is 2. The van der Waals surface area contributed by atoms with Crippen molar-refractivity contribution in [2.45, 2.75) is 32.6 Å². The molecule has 0 aliphatic carbocycles. The number of amides is 2. The van der Waals surface area contributed by atoms with Crippen molar-refractivity contribution >= 4 is 22.7 Å². The number of rotatable bonds is 3. The van der Waals surface area contributed by atoms with E-state index in [-0.39, 0.29) is 22.9 Å². The van der Waals surface area contributed by atoms with Crippen molar-refractivity contribution < 1.29 is 9.59 Å². The molecule has 1 fully saturated rings. The van der Waals surface area contributed by atoms with E-state index in [1.54, 1.807) is 17.0 Å². The van der Waals surface area contributed by atoms with Crippen LogP contribution in [0.25, 0.3) is 10.9 Å². The molecule has 2 aromatic heterocycles. The number of para-hydroxylation sites is 1. The molecule has 3 aromatic rings. The highest BCUT2D eigenvalue weighted by atomic mass is 16.2. The van der Waals surface area contributed by atoms with E-state index in [1.165, 1.54) is 0 Å². The summed E-state index contributed by atoms with van der Waals surface area (Å²) in [4.78, 5) is 46.3. The molecule has 4 rings (SSSR count). The molecular formula is C23H24N4O3. The second kappa shape index (κ2) is 7.74. The molecule has 7 nitrogen and oxygen atoms in total. The van der Waals surface area contributed by atoms with Gasteiger partial charge in [-0.15, -0.1) is 0 Å². The normalized spacial score (nSPS) is 14.8. The molecule has 0 unspecified atom stereocenters. The van der Waals surface area contributed by atoms with Crippen molar-refractivity contribution in [3.8, 4) is 0 Å². The van der Waals surface area contributed by atoms with Gasteiger partial charge in [-0.2, -0.15) is 0 Å². The summed E-state index contributed by atoms with van der Waals surface area (Å²) in [5.41, 5.74) is 9.01. The molecule has 0 radical (unpaired) electrons. The van der Waals surface area contributed by atoms with Crippen LogP contribution in [0, 0.1) is 13.8 Å². The summed E-state index contributed by atoms with van der Waals surface area (Å²) in [6.07, 6.45) is 1.31. The lowest BCUT2D eigenvalue weighted by atomic mass is 9.89. The molecule has 154 valence electrons. The van der Waals surface area contributed by atoms with Crippen LogP contribution in [0.5, 0.6) is 0 Å². The van der Waals surface area contributed by atoms with Gasteiger partial charge in [0.15, 0.2) is 0 Å². The third-order valence-corrected chi connectivity index (χ3v) is 5.92. The van der Waals surface area contributed by atoms with Gasteiger partial charge in [-0.3, -0.25) is 19.4 Å². The maximum absolute atomic E-state index is 12.9. The average molecular weight is 404 g/mol. The van der Waals surface area contributed by atoms with Crippen LogP contribution < -0.4 is 11.3 Å². The topological polar surface area (TPSA) is 109 Å². The summed E-state index contributed by atoms with van der Waals surface area (Å²) in [6, 6.07) is 11.1. The van der Waals surface area contributed by atoms with Crippen LogP contribution in [0.2, 0.25) is 0 Å². The van der Waals surface area contributed by atoms with Crippen LogP contribution in [0.3, 0.4) is 0 Å². The number of aryl methyl sites for hydroxylation is 2. The van der Waals surface area contributed by atoms with Crippen molar-refractivity contribution in [3.05, 3.63) is 74.8 Å². The van der Waals surface area contributed by atoms with Crippen LogP contribution in [0.1, 0.15) is 56.4 Å². The zero-order valence-electron chi connectivity index (χ0n) is 17.1. The predicted octanol–water partition coefficient (Wildman–Crippen LogP) is 2.66. The highest BCUT2D eigenvalue weighted by Crippen LogP contribution is 2.31. The minimum Gasteiger partial charge on any atom is -0.366 e. The monoisotopic (exact) mass is 404 g/mol. The summed E-state index contributed by atoms with van der Waals surface area (Å²) in [5.74, 6) is -0.734. The van der Waals surface area contributed by atoms with Crippen molar-refractivity contribution in [2.75, 3.05) is 13.1 Å². The number of benzene rings is 1. The number of hydrogen-bond donors (Lipinski definition) is 2. The minimum atomic E-state index is -0.497. The van der Waals surface area contributed by atoms with E-state index in [4.69, 9.17) is 10.7 Å². The van der Waals surface area contributed by atoms with Gasteiger partial charge in [0, 0.05) is 30.1 Å². The van der Waals surface area contributed by atoms with Crippen LogP contribution in [-0.4, -0.2) is 39.8 Å². The number of hydrogen-bond acceptors (Lipinski definition) is 4. The van der Waals surface area contributed by atoms with E-state index in [9.17, 15) is 14.4 Å². The lowest BCUT2D eigenvalue weighted by Gasteiger charge is -2.32. The van der Waals surface area contributed by atoms with Gasteiger partial charge in [-0.25, -0.2) is 0 Å². The standard InChI is InChI=1S/C23H24N4O3/c1-13-11-18(22(29)25-14(13)2)23(30)27-9-7-15(8-10-27)20-17(21(24)28)12-16-5-3-4-6-19(16)26-20/h3-6,11-12,15H,7-10H2,1-2H3,(H2,24,28)(H,25,29). The number of H-pyrrole nitrogens is 1. The van der Waals surface area contributed by atoms with Crippen LogP contribution in [0.15, 0.2) is 41.2 Å². The first kappa shape index (κ1) is 19.8. The third kappa shape index (κ3) is 3.58. The summed E-state index contributed by atoms with van der Waals surface area (Å²) < 4.78 is 0. The Labute approximate surface area is 173 Å². The van der Waals surface area contributed by atoms with E-state index in [0.29, 0.717) is 37.2 Å². The first-order valence-electron chi connectivity index (χ1n) is 10.0. The number of nitrogens with one attached hydrogen (secondary N) is 1. The molecule has 0 atom stereocenters. The SMILES string of the molecule is Cc1cc(C(=O)N2CCC(c3nc4ccccc4cc3C(N)=O)CC2)c(=O)[nH]c1C. The first-order valence-corrected chi connectivity index (χ1v) is 10.0. The molecule has 1 aliphatic heterocycles. The summed E-state index contributed by atoms with van der Waals surface area (Å²) in [7, 11) is 0. The van der Waals surface area contributed by atoms with E-state index in [0.717, 1.165) is 22.2 Å². The molecule has 0 saturated carbocycles. The van der Waals surface area contributed by atoms with Gasteiger partial charge in [0.1, 0.15) is 5.56 Å². The number of primary amides is 1. The van der Waals surface area contributed by atoms with Gasteiger partial charge in [-0.05, 0) is 50.5 Å². The van der Waals surface area contributed by atoms with E-state index in [2.05, 4.69) is 4.98 Å². The summed E-state index contributed by atoms with van der Waals surface area (Å²) in [6.45, 7) is 4.65. The lowest BCUT2D eigenvalue weighted by molar-refractivity contribution is 0.0709. The Bertz CT molecular complexity index is 1210. The van der Waals surface area contributed by atoms with Gasteiger partial charge < -0.3 is 15.6 Å². The highest BCUT2D eigenvalue weighted by molar-refractivity contribution is 5.98. The number of nitrogens with two attached hydrogens (primary N) is 1. The molecule has 1 aromatic carbocycles. The lowest BCUT2D eigenvalue weighted by Crippen LogP contribution is -2.40. The quantitative estimate of drug-likeness (QED) is 0.699. The largest absolute Gasteiger partial charge is 0.366 e. The summed E-state index contributed by atoms with van der Waals surface area (Å²) >= 11 is 0. The maximum Gasteiger partial charge on any atom is 0.261 e. The number of likely N-dealkylation sites (tertiary alicyclic amines) is 1. The first-order chi connectivity index (χ1) is 14.3. The number of aromatic nitrogens is 2. The molecule has 30 heavy (non-hydrogen) atoms. The van der Waals surface area contributed by atoms with Crippen molar-refractivity contribution in [1.29, 1.82) is 0 Å². The number of aromatic amines is 1. The highest BCUT2D eigenvalue weighted by Gasteiger charge is 2.29. The molecule has 0 bridgehead atoms. The molecule has 7 heteroatoms. The fraction of sp³-hybridized carbons (Fsp3) is 0.304. The number of nitrogens with zero attached hydrogens (tertiary/aromatic N) is 2. The van der Waals surface area contributed by atoms with Crippen LogP contribution in [0.4, 0.5) is 0 Å². The minimum absolute atomic E-state index is 0.0270. The molecule has 3 N–H and O–H groups in total. The fourth-order valence-electron chi connectivity index (χ4n) is 4.05. The van der Waals surface area contributed by atoms with Gasteiger partial charge in [0.2, 0.25) is 0 Å². The van der Waals surface area contributed by atoms with E-state index >= 15 is 0 Å². The second-order valence-corrected chi connectivity index (χ2v) is 7.86. The second-order valence-electron chi connectivity index (χ2n) is 7.86. The fourth-order valence-corrected chi connectivity index (χ4v) is 4.05. The zero-order chi connectivity index (χ0) is 21.4. The molecule has 3 heterocycles. The third-order valence-electron chi connectivity index (χ3n) is 5.92. The van der Waals surface area contributed by atoms with Crippen molar-refractivity contribution in [1.82, 2.24) is 14.9 Å². The molecule has 0 spiro atoms. The smallest absolute Gasteiger partial charge is 0.261 e. The number of pyridine rings is 2. The van der Waals surface area contributed by atoms with Gasteiger partial charge >= 0.3 is 0 Å². The number of carbonyl (C=O) groups is 2. The number of fused-ring (bicyclic) bond motifs is 1. The van der Waals surface area contributed by atoms with E-state index in [1.807, 2.05) is 38.1 Å². The van der Waals surface area contributed by atoms with E-state index < -0.39 is 5.91 Å². The average Bonchev–Trinajstić information content (AvgIpc) is 2.75. The molecule has 1 saturated heterocycles. The molecule has 2 amide bonds. The Kier molecular flexibility index (Phi) is 5.11. The number of piperidine rings is 1. The van der Waals surface area contributed by atoms with Gasteiger partial charge in [-0.1, -0.05) is 18.2 Å². The van der Waals surface area contributed by atoms with Gasteiger partial charge in [0.25, 0.3) is 17.4 Å². The van der Waals surface area contributed by atoms with Crippen LogP contribution in [-0.2, 0) is 0 Å². The molecule has 1 aliphatic rings. The Hall–Kier alpha value is -3.48. The predicted molar refractivity (Wildman–Crippen MR) is 115 cm³/mol. The van der Waals surface area contributed by atoms with Crippen LogP contribution >= 0.6 is 0 Å². The Morgan fingerprint density at radius 2 is 1.80 bits per heavy atom. The van der Waals surface area contributed by atoms with Crippen molar-refractivity contribution in [3.63, 3.8) is 0 Å². The van der Waals surface area contributed by atoms with Crippen molar-refractivity contribution in [2.24, 2.45) is 5.73 Å². The molecular weight excluding hydrogens is 380 g/mol. The summed E-state index contributed by atoms with van der Waals surface area (Å²) in [5, 5.41) is 0.872.